The van der Waals surface area contributed by atoms with Gasteiger partial charge < -0.3 is 10.2 Å². The maximum Gasteiger partial charge on any atom is 0.242 e. The maximum atomic E-state index is 12.3. The van der Waals surface area contributed by atoms with Crippen LogP contribution in [0, 0.1) is 0 Å². The number of carbonyl (C=O) groups is 1. The Kier molecular flexibility index (Phi) is 5.55. The number of hydrogen-bond donors (Lipinski definition) is 1. The standard InChI is InChI=1S/C15H20Cl2N2O/c1-2-12-5-3-4-8-19(12)15(20)10-18-14-9-11(16)6-7-13(14)17/h6-7,9,12,18H,2-5,8,10H2,1H3. The smallest absolute Gasteiger partial charge is 0.242 e. The Morgan fingerprint density at radius 3 is 2.95 bits per heavy atom. The predicted octanol–water partition coefficient (Wildman–Crippen LogP) is 4.20. The lowest BCUT2D eigenvalue weighted by Gasteiger charge is -2.35. The lowest BCUT2D eigenvalue weighted by molar-refractivity contribution is -0.133. The molecule has 1 aliphatic rings. The Morgan fingerprint density at radius 1 is 1.40 bits per heavy atom. The highest BCUT2D eigenvalue weighted by Gasteiger charge is 2.24. The molecule has 1 unspecified atom stereocenters. The van der Waals surface area contributed by atoms with Crippen LogP contribution in [0.15, 0.2) is 18.2 Å². The highest BCUT2D eigenvalue weighted by atomic mass is 35.5. The number of halogens is 2. The normalized spacial score (nSPS) is 18.9. The third kappa shape index (κ3) is 3.80. The molecule has 0 radical (unpaired) electrons. The fraction of sp³-hybridized carbons (Fsp3) is 0.533. The van der Waals surface area contributed by atoms with E-state index in [1.807, 2.05) is 4.90 Å². The largest absolute Gasteiger partial charge is 0.375 e. The van der Waals surface area contributed by atoms with Gasteiger partial charge in [-0.1, -0.05) is 30.1 Å². The van der Waals surface area contributed by atoms with Gasteiger partial charge in [0.15, 0.2) is 0 Å². The summed E-state index contributed by atoms with van der Waals surface area (Å²) in [7, 11) is 0. The van der Waals surface area contributed by atoms with E-state index in [2.05, 4.69) is 12.2 Å². The van der Waals surface area contributed by atoms with Crippen LogP contribution in [-0.2, 0) is 4.79 Å². The zero-order valence-electron chi connectivity index (χ0n) is 11.7. The molecule has 20 heavy (non-hydrogen) atoms. The summed E-state index contributed by atoms with van der Waals surface area (Å²) in [6.07, 6.45) is 4.44. The number of likely N-dealkylation sites (tertiary alicyclic amines) is 1. The number of amides is 1. The summed E-state index contributed by atoms with van der Waals surface area (Å²) in [4.78, 5) is 14.3. The summed E-state index contributed by atoms with van der Waals surface area (Å²) in [5.41, 5.74) is 0.706. The van der Waals surface area contributed by atoms with Crippen LogP contribution >= 0.6 is 23.2 Å². The van der Waals surface area contributed by atoms with E-state index < -0.39 is 0 Å². The molecule has 1 atom stereocenters. The minimum absolute atomic E-state index is 0.132. The molecule has 3 nitrogen and oxygen atoms in total. The van der Waals surface area contributed by atoms with Crippen LogP contribution in [0.2, 0.25) is 10.0 Å². The van der Waals surface area contributed by atoms with Crippen LogP contribution in [-0.4, -0.2) is 29.9 Å². The van der Waals surface area contributed by atoms with Crippen molar-refractivity contribution in [2.75, 3.05) is 18.4 Å². The lowest BCUT2D eigenvalue weighted by Crippen LogP contribution is -2.45. The fourth-order valence-corrected chi connectivity index (χ4v) is 3.02. The average Bonchev–Trinajstić information content (AvgIpc) is 2.47. The lowest BCUT2D eigenvalue weighted by atomic mass is 10.00. The minimum atomic E-state index is 0.132. The second-order valence-corrected chi connectivity index (χ2v) is 5.97. The van der Waals surface area contributed by atoms with Crippen molar-refractivity contribution in [3.8, 4) is 0 Å². The van der Waals surface area contributed by atoms with E-state index in [0.29, 0.717) is 21.8 Å². The molecule has 1 aromatic rings. The van der Waals surface area contributed by atoms with Crippen molar-refractivity contribution >= 4 is 34.8 Å². The number of rotatable bonds is 4. The number of carbonyl (C=O) groups excluding carboxylic acids is 1. The summed E-state index contributed by atoms with van der Waals surface area (Å²) < 4.78 is 0. The van der Waals surface area contributed by atoms with Gasteiger partial charge in [0.05, 0.1) is 17.3 Å². The van der Waals surface area contributed by atoms with Crippen molar-refractivity contribution in [1.82, 2.24) is 4.90 Å². The van der Waals surface area contributed by atoms with Crippen LogP contribution in [0.4, 0.5) is 5.69 Å². The zero-order chi connectivity index (χ0) is 14.5. The Hall–Kier alpha value is -0.930. The number of anilines is 1. The van der Waals surface area contributed by atoms with Gasteiger partial charge in [-0.15, -0.1) is 0 Å². The van der Waals surface area contributed by atoms with E-state index in [9.17, 15) is 4.79 Å². The van der Waals surface area contributed by atoms with Gasteiger partial charge in [-0.25, -0.2) is 0 Å². The molecule has 0 spiro atoms. The molecule has 1 fully saturated rings. The first kappa shape index (κ1) is 15.5. The zero-order valence-corrected chi connectivity index (χ0v) is 13.2. The Morgan fingerprint density at radius 2 is 2.20 bits per heavy atom. The SMILES string of the molecule is CCC1CCCCN1C(=O)CNc1cc(Cl)ccc1Cl. The van der Waals surface area contributed by atoms with E-state index >= 15 is 0 Å². The number of hydrogen-bond acceptors (Lipinski definition) is 2. The quantitative estimate of drug-likeness (QED) is 0.903. The number of nitrogens with zero attached hydrogens (tertiary/aromatic N) is 1. The van der Waals surface area contributed by atoms with Crippen molar-refractivity contribution in [2.24, 2.45) is 0 Å². The molecule has 0 bridgehead atoms. The molecule has 1 heterocycles. The molecule has 1 aromatic carbocycles. The predicted molar refractivity (Wildman–Crippen MR) is 84.6 cm³/mol. The molecule has 110 valence electrons. The highest BCUT2D eigenvalue weighted by Crippen LogP contribution is 2.25. The van der Waals surface area contributed by atoms with Gasteiger partial charge in [-0.2, -0.15) is 0 Å². The third-order valence-corrected chi connectivity index (χ3v) is 4.34. The molecule has 0 saturated carbocycles. The van der Waals surface area contributed by atoms with E-state index in [1.165, 1.54) is 6.42 Å². The highest BCUT2D eigenvalue weighted by molar-refractivity contribution is 6.35. The first-order valence-electron chi connectivity index (χ1n) is 7.10. The summed E-state index contributed by atoms with van der Waals surface area (Å²) in [5, 5.41) is 4.27. The first-order valence-corrected chi connectivity index (χ1v) is 7.85. The van der Waals surface area contributed by atoms with E-state index in [1.54, 1.807) is 18.2 Å². The van der Waals surface area contributed by atoms with Crippen molar-refractivity contribution in [1.29, 1.82) is 0 Å². The van der Waals surface area contributed by atoms with Crippen molar-refractivity contribution in [2.45, 2.75) is 38.6 Å². The Balaban J connectivity index is 1.95. The van der Waals surface area contributed by atoms with Gasteiger partial charge in [0.1, 0.15) is 0 Å². The first-order chi connectivity index (χ1) is 9.61. The number of benzene rings is 1. The monoisotopic (exact) mass is 314 g/mol. The van der Waals surface area contributed by atoms with Gasteiger partial charge in [0.2, 0.25) is 5.91 Å². The molecular weight excluding hydrogens is 295 g/mol. The van der Waals surface area contributed by atoms with Gasteiger partial charge in [-0.05, 0) is 43.9 Å². The van der Waals surface area contributed by atoms with Crippen LogP contribution < -0.4 is 5.32 Å². The van der Waals surface area contributed by atoms with Gasteiger partial charge in [0, 0.05) is 17.6 Å². The molecule has 0 aromatic heterocycles. The molecule has 1 amide bonds. The molecule has 0 aliphatic carbocycles. The topological polar surface area (TPSA) is 32.3 Å². The fourth-order valence-electron chi connectivity index (χ4n) is 2.66. The molecule has 1 aliphatic heterocycles. The second-order valence-electron chi connectivity index (χ2n) is 5.12. The van der Waals surface area contributed by atoms with Crippen molar-refractivity contribution < 1.29 is 4.79 Å². The number of nitrogens with one attached hydrogen (secondary N) is 1. The van der Waals surface area contributed by atoms with Gasteiger partial charge >= 0.3 is 0 Å². The van der Waals surface area contributed by atoms with Crippen LogP contribution in [0.3, 0.4) is 0 Å². The van der Waals surface area contributed by atoms with Gasteiger partial charge in [-0.3, -0.25) is 4.79 Å². The Labute approximate surface area is 130 Å². The Bertz CT molecular complexity index is 479. The van der Waals surface area contributed by atoms with E-state index in [0.717, 1.165) is 25.8 Å². The summed E-state index contributed by atoms with van der Waals surface area (Å²) in [5.74, 6) is 0.132. The molecule has 1 saturated heterocycles. The van der Waals surface area contributed by atoms with Crippen LogP contribution in [0.1, 0.15) is 32.6 Å². The second kappa shape index (κ2) is 7.19. The van der Waals surface area contributed by atoms with E-state index in [-0.39, 0.29) is 12.5 Å². The van der Waals surface area contributed by atoms with E-state index in [4.69, 9.17) is 23.2 Å². The molecule has 1 N–H and O–H groups in total. The average molecular weight is 315 g/mol. The molecule has 2 rings (SSSR count). The minimum Gasteiger partial charge on any atom is -0.375 e. The molecular formula is C15H20Cl2N2O. The van der Waals surface area contributed by atoms with Crippen molar-refractivity contribution in [3.63, 3.8) is 0 Å². The van der Waals surface area contributed by atoms with Crippen LogP contribution in [0.5, 0.6) is 0 Å². The number of piperidine rings is 1. The summed E-state index contributed by atoms with van der Waals surface area (Å²) >= 11 is 12.0. The summed E-state index contributed by atoms with van der Waals surface area (Å²) in [6, 6.07) is 5.58. The van der Waals surface area contributed by atoms with Gasteiger partial charge in [0.25, 0.3) is 0 Å². The third-order valence-electron chi connectivity index (χ3n) is 3.78. The van der Waals surface area contributed by atoms with Crippen molar-refractivity contribution in [3.05, 3.63) is 28.2 Å². The maximum absolute atomic E-state index is 12.3. The summed E-state index contributed by atoms with van der Waals surface area (Å²) in [6.45, 7) is 3.26. The van der Waals surface area contributed by atoms with Crippen LogP contribution in [0.25, 0.3) is 0 Å². The molecule has 5 heteroatoms.